The second-order valence-corrected chi connectivity index (χ2v) is 4.33. The molecule has 0 heterocycles. The number of nitrogens with one attached hydrogen (secondary N) is 1. The third-order valence-electron chi connectivity index (χ3n) is 2.82. The van der Waals surface area contributed by atoms with Gasteiger partial charge in [-0.15, -0.1) is 0 Å². The van der Waals surface area contributed by atoms with Crippen molar-refractivity contribution in [2.75, 3.05) is 5.32 Å². The van der Waals surface area contributed by atoms with Crippen LogP contribution in [0.2, 0.25) is 0 Å². The number of carbonyl (C=O) groups is 1. The molecule has 17 heavy (non-hydrogen) atoms. The van der Waals surface area contributed by atoms with Gasteiger partial charge in [0.2, 0.25) is 0 Å². The van der Waals surface area contributed by atoms with E-state index in [1.54, 1.807) is 0 Å². The molecule has 4 nitrogen and oxygen atoms in total. The van der Waals surface area contributed by atoms with Crippen LogP contribution in [0, 0.1) is 12.8 Å². The highest BCUT2D eigenvalue weighted by molar-refractivity contribution is 5.89. The van der Waals surface area contributed by atoms with Gasteiger partial charge in [-0.25, -0.2) is 4.79 Å². The summed E-state index contributed by atoms with van der Waals surface area (Å²) in [6.45, 7) is 3.81. The highest BCUT2D eigenvalue weighted by Gasteiger charge is 2.25. The van der Waals surface area contributed by atoms with Gasteiger partial charge in [-0.05, 0) is 38.3 Å². The summed E-state index contributed by atoms with van der Waals surface area (Å²) in [5, 5.41) is 6.47. The zero-order chi connectivity index (χ0) is 12.3. The van der Waals surface area contributed by atoms with Crippen LogP contribution in [-0.4, -0.2) is 11.8 Å². The second kappa shape index (κ2) is 4.99. The van der Waals surface area contributed by atoms with Gasteiger partial charge < -0.3 is 0 Å². The predicted octanol–water partition coefficient (Wildman–Crippen LogP) is 3.33. The standard InChI is InChI=1S/C13H16N2O2/c1-9-5-3-4-6-12(9)14-13(16)17-15-10(2)11-7-8-11/h3-6,11H,7-8H2,1-2H3,(H,14,16)/b15-10+. The third kappa shape index (κ3) is 3.31. The normalized spacial score (nSPS) is 15.5. The maximum absolute atomic E-state index is 11.5. The van der Waals surface area contributed by atoms with Crippen LogP contribution in [0.5, 0.6) is 0 Å². The average molecular weight is 232 g/mol. The minimum atomic E-state index is -0.542. The Morgan fingerprint density at radius 1 is 1.41 bits per heavy atom. The molecule has 1 aromatic rings. The molecule has 0 bridgehead atoms. The van der Waals surface area contributed by atoms with Crippen LogP contribution >= 0.6 is 0 Å². The van der Waals surface area contributed by atoms with Gasteiger partial charge in [-0.3, -0.25) is 10.2 Å². The Labute approximate surface area is 101 Å². The molecule has 1 aromatic carbocycles. The van der Waals surface area contributed by atoms with Crippen molar-refractivity contribution in [2.45, 2.75) is 26.7 Å². The van der Waals surface area contributed by atoms with Crippen LogP contribution in [0.3, 0.4) is 0 Å². The average Bonchev–Trinajstić information content (AvgIpc) is 3.13. The van der Waals surface area contributed by atoms with Crippen molar-refractivity contribution in [2.24, 2.45) is 11.1 Å². The lowest BCUT2D eigenvalue weighted by Crippen LogP contribution is -2.12. The Morgan fingerprint density at radius 3 is 2.76 bits per heavy atom. The van der Waals surface area contributed by atoms with Gasteiger partial charge in [-0.1, -0.05) is 23.4 Å². The number of anilines is 1. The Hall–Kier alpha value is -1.84. The van der Waals surface area contributed by atoms with E-state index in [0.29, 0.717) is 5.92 Å². The van der Waals surface area contributed by atoms with Gasteiger partial charge in [0.05, 0.1) is 5.71 Å². The van der Waals surface area contributed by atoms with E-state index >= 15 is 0 Å². The predicted molar refractivity (Wildman–Crippen MR) is 67.1 cm³/mol. The van der Waals surface area contributed by atoms with Crippen molar-refractivity contribution in [3.8, 4) is 0 Å². The Morgan fingerprint density at radius 2 is 2.12 bits per heavy atom. The summed E-state index contributed by atoms with van der Waals surface area (Å²) in [4.78, 5) is 16.3. The molecular formula is C13H16N2O2. The molecule has 2 rings (SSSR count). The smallest absolute Gasteiger partial charge is 0.298 e. The summed E-state index contributed by atoms with van der Waals surface area (Å²) in [5.74, 6) is 0.515. The molecule has 1 fully saturated rings. The number of carbonyl (C=O) groups excluding carboxylic acids is 1. The zero-order valence-electron chi connectivity index (χ0n) is 10.1. The molecule has 4 heteroatoms. The molecular weight excluding hydrogens is 216 g/mol. The first-order valence-corrected chi connectivity index (χ1v) is 5.75. The molecule has 0 aromatic heterocycles. The minimum absolute atomic E-state index is 0.515. The Bertz CT molecular complexity index is 450. The number of para-hydroxylation sites is 1. The number of oxime groups is 1. The highest BCUT2D eigenvalue weighted by atomic mass is 16.7. The molecule has 0 atom stereocenters. The van der Waals surface area contributed by atoms with E-state index in [4.69, 9.17) is 4.84 Å². The summed E-state index contributed by atoms with van der Waals surface area (Å²) in [6.07, 6.45) is 1.76. The minimum Gasteiger partial charge on any atom is -0.298 e. The molecule has 0 unspecified atom stereocenters. The van der Waals surface area contributed by atoms with Gasteiger partial charge in [0.25, 0.3) is 0 Å². The molecule has 1 N–H and O–H groups in total. The maximum Gasteiger partial charge on any atom is 0.437 e. The molecule has 1 aliphatic rings. The van der Waals surface area contributed by atoms with Crippen LogP contribution in [-0.2, 0) is 4.84 Å². The van der Waals surface area contributed by atoms with Gasteiger partial charge >= 0.3 is 6.09 Å². The van der Waals surface area contributed by atoms with E-state index in [1.165, 1.54) is 0 Å². The summed E-state index contributed by atoms with van der Waals surface area (Å²) >= 11 is 0. The molecule has 1 amide bonds. The number of aryl methyl sites for hydroxylation is 1. The Balaban J connectivity index is 1.89. The molecule has 90 valence electrons. The topological polar surface area (TPSA) is 50.7 Å². The van der Waals surface area contributed by atoms with Gasteiger partial charge in [0, 0.05) is 11.6 Å². The van der Waals surface area contributed by atoms with Gasteiger partial charge in [0.1, 0.15) is 0 Å². The van der Waals surface area contributed by atoms with Crippen molar-refractivity contribution >= 4 is 17.5 Å². The lowest BCUT2D eigenvalue weighted by molar-refractivity contribution is 0.166. The molecule has 0 radical (unpaired) electrons. The maximum atomic E-state index is 11.5. The fraction of sp³-hybridized carbons (Fsp3) is 0.385. The number of benzene rings is 1. The van der Waals surface area contributed by atoms with E-state index in [2.05, 4.69) is 10.5 Å². The van der Waals surface area contributed by atoms with Crippen molar-refractivity contribution in [3.05, 3.63) is 29.8 Å². The number of amides is 1. The highest BCUT2D eigenvalue weighted by Crippen LogP contribution is 2.30. The van der Waals surface area contributed by atoms with Gasteiger partial charge in [0.15, 0.2) is 0 Å². The van der Waals surface area contributed by atoms with Crippen LogP contribution in [0.25, 0.3) is 0 Å². The van der Waals surface area contributed by atoms with Crippen molar-refractivity contribution < 1.29 is 9.63 Å². The molecule has 0 aliphatic heterocycles. The second-order valence-electron chi connectivity index (χ2n) is 4.33. The van der Waals surface area contributed by atoms with E-state index in [9.17, 15) is 4.79 Å². The van der Waals surface area contributed by atoms with E-state index in [0.717, 1.165) is 29.8 Å². The SMILES string of the molecule is C/C(=N\OC(=O)Nc1ccccc1C)C1CC1. The quantitative estimate of drug-likeness (QED) is 0.493. The fourth-order valence-corrected chi connectivity index (χ4v) is 1.54. The number of hydrogen-bond acceptors (Lipinski definition) is 3. The van der Waals surface area contributed by atoms with E-state index < -0.39 is 6.09 Å². The van der Waals surface area contributed by atoms with E-state index in [1.807, 2.05) is 38.1 Å². The first-order chi connectivity index (χ1) is 8.16. The monoisotopic (exact) mass is 232 g/mol. The fourth-order valence-electron chi connectivity index (χ4n) is 1.54. The number of nitrogens with zero attached hydrogens (tertiary/aromatic N) is 1. The van der Waals surface area contributed by atoms with Crippen molar-refractivity contribution in [3.63, 3.8) is 0 Å². The first kappa shape index (κ1) is 11.6. The molecule has 1 aliphatic carbocycles. The van der Waals surface area contributed by atoms with Crippen molar-refractivity contribution in [1.29, 1.82) is 0 Å². The number of rotatable bonds is 3. The summed E-state index contributed by atoms with van der Waals surface area (Å²) < 4.78 is 0. The number of hydrogen-bond donors (Lipinski definition) is 1. The van der Waals surface area contributed by atoms with Crippen LogP contribution in [0.4, 0.5) is 10.5 Å². The lowest BCUT2D eigenvalue weighted by atomic mass is 10.2. The van der Waals surface area contributed by atoms with Crippen LogP contribution in [0.15, 0.2) is 29.4 Å². The third-order valence-corrected chi connectivity index (χ3v) is 2.82. The van der Waals surface area contributed by atoms with Crippen LogP contribution < -0.4 is 5.32 Å². The molecule has 0 saturated heterocycles. The Kier molecular flexibility index (Phi) is 3.42. The summed E-state index contributed by atoms with van der Waals surface area (Å²) in [5.41, 5.74) is 2.63. The van der Waals surface area contributed by atoms with E-state index in [-0.39, 0.29) is 0 Å². The van der Waals surface area contributed by atoms with Crippen molar-refractivity contribution in [1.82, 2.24) is 0 Å². The largest absolute Gasteiger partial charge is 0.437 e. The zero-order valence-corrected chi connectivity index (χ0v) is 10.1. The van der Waals surface area contributed by atoms with Gasteiger partial charge in [-0.2, -0.15) is 0 Å². The lowest BCUT2D eigenvalue weighted by Gasteiger charge is -2.05. The molecule has 0 spiro atoms. The van der Waals surface area contributed by atoms with Crippen LogP contribution in [0.1, 0.15) is 25.3 Å². The molecule has 1 saturated carbocycles. The summed E-state index contributed by atoms with van der Waals surface area (Å²) in [7, 11) is 0. The summed E-state index contributed by atoms with van der Waals surface area (Å²) in [6, 6.07) is 7.53. The first-order valence-electron chi connectivity index (χ1n) is 5.75.